The number of aliphatic hydroxyl groups is 1. The highest BCUT2D eigenvalue weighted by Crippen LogP contribution is 1.99. The third-order valence-corrected chi connectivity index (χ3v) is 1.96. The van der Waals surface area contributed by atoms with Gasteiger partial charge in [0, 0.05) is 31.7 Å². The van der Waals surface area contributed by atoms with Crippen LogP contribution in [0, 0.1) is 0 Å². The van der Waals surface area contributed by atoms with Gasteiger partial charge in [-0.15, -0.1) is 0 Å². The van der Waals surface area contributed by atoms with Crippen LogP contribution in [0.3, 0.4) is 0 Å². The zero-order valence-corrected chi connectivity index (χ0v) is 8.56. The Bertz CT molecular complexity index is 234. The van der Waals surface area contributed by atoms with Crippen molar-refractivity contribution in [1.82, 2.24) is 14.9 Å². The van der Waals surface area contributed by atoms with E-state index in [-0.39, 0.29) is 6.61 Å². The van der Waals surface area contributed by atoms with Crippen molar-refractivity contribution in [2.45, 2.75) is 19.9 Å². The lowest BCUT2D eigenvalue weighted by atomic mass is 10.3. The van der Waals surface area contributed by atoms with E-state index in [0.29, 0.717) is 6.54 Å². The van der Waals surface area contributed by atoms with Crippen molar-refractivity contribution in [2.75, 3.05) is 19.7 Å². The molecule has 0 saturated heterocycles. The summed E-state index contributed by atoms with van der Waals surface area (Å²) in [5, 5.41) is 8.86. The molecule has 14 heavy (non-hydrogen) atoms. The molecule has 0 aliphatic heterocycles. The molecule has 0 amide bonds. The Balaban J connectivity index is 2.46. The largest absolute Gasteiger partial charge is 0.395 e. The lowest BCUT2D eigenvalue weighted by Gasteiger charge is -2.19. The standard InChI is InChI=1S/C10H17N3O/c1-2-5-13(6-7-14)9-10-8-11-3-4-12-10/h3-4,8,14H,2,5-7,9H2,1H3. The first kappa shape index (κ1) is 11.1. The van der Waals surface area contributed by atoms with Crippen molar-refractivity contribution in [2.24, 2.45) is 0 Å². The Labute approximate surface area is 84.6 Å². The molecule has 78 valence electrons. The van der Waals surface area contributed by atoms with Crippen LogP contribution in [0.25, 0.3) is 0 Å². The zero-order valence-electron chi connectivity index (χ0n) is 8.56. The summed E-state index contributed by atoms with van der Waals surface area (Å²) in [6.07, 6.45) is 6.21. The Kier molecular flexibility index (Phi) is 5.11. The lowest BCUT2D eigenvalue weighted by Crippen LogP contribution is -2.27. The van der Waals surface area contributed by atoms with Crippen LogP contribution in [-0.4, -0.2) is 39.7 Å². The number of hydrogen-bond donors (Lipinski definition) is 1. The van der Waals surface area contributed by atoms with Gasteiger partial charge in [0.1, 0.15) is 0 Å². The first-order chi connectivity index (χ1) is 6.86. The van der Waals surface area contributed by atoms with Crippen LogP contribution in [0.4, 0.5) is 0 Å². The number of rotatable bonds is 6. The fraction of sp³-hybridized carbons (Fsp3) is 0.600. The molecular formula is C10H17N3O. The molecule has 4 heteroatoms. The van der Waals surface area contributed by atoms with Gasteiger partial charge < -0.3 is 5.11 Å². The Hall–Kier alpha value is -1.00. The van der Waals surface area contributed by atoms with Crippen molar-refractivity contribution in [3.8, 4) is 0 Å². The van der Waals surface area contributed by atoms with Crippen LogP contribution >= 0.6 is 0 Å². The molecular weight excluding hydrogens is 178 g/mol. The molecule has 1 aromatic rings. The molecule has 1 aromatic heterocycles. The topological polar surface area (TPSA) is 49.2 Å². The molecule has 0 aliphatic rings. The van der Waals surface area contributed by atoms with Gasteiger partial charge in [0.05, 0.1) is 12.3 Å². The summed E-state index contributed by atoms with van der Waals surface area (Å²) in [6.45, 7) is 4.77. The maximum absolute atomic E-state index is 8.86. The summed E-state index contributed by atoms with van der Waals surface area (Å²) < 4.78 is 0. The van der Waals surface area contributed by atoms with Gasteiger partial charge in [-0.1, -0.05) is 6.92 Å². The van der Waals surface area contributed by atoms with E-state index in [4.69, 9.17) is 5.11 Å². The predicted octanol–water partition coefficient (Wildman–Crippen LogP) is 0.681. The maximum Gasteiger partial charge on any atom is 0.0726 e. The van der Waals surface area contributed by atoms with Crippen LogP contribution in [-0.2, 0) is 6.54 Å². The molecule has 0 bridgehead atoms. The SMILES string of the molecule is CCCN(CCO)Cc1cnccn1. The van der Waals surface area contributed by atoms with Gasteiger partial charge in [0.2, 0.25) is 0 Å². The minimum Gasteiger partial charge on any atom is -0.395 e. The van der Waals surface area contributed by atoms with E-state index in [1.165, 1.54) is 0 Å². The molecule has 0 aliphatic carbocycles. The second-order valence-electron chi connectivity index (χ2n) is 3.20. The van der Waals surface area contributed by atoms with Crippen molar-refractivity contribution in [1.29, 1.82) is 0 Å². The van der Waals surface area contributed by atoms with E-state index in [1.807, 2.05) is 0 Å². The minimum atomic E-state index is 0.195. The van der Waals surface area contributed by atoms with Crippen molar-refractivity contribution in [3.63, 3.8) is 0 Å². The predicted molar refractivity (Wildman–Crippen MR) is 54.7 cm³/mol. The smallest absolute Gasteiger partial charge is 0.0726 e. The number of aromatic nitrogens is 2. The second kappa shape index (κ2) is 6.45. The number of nitrogens with zero attached hydrogens (tertiary/aromatic N) is 3. The van der Waals surface area contributed by atoms with Crippen molar-refractivity contribution >= 4 is 0 Å². The first-order valence-corrected chi connectivity index (χ1v) is 4.95. The molecule has 0 radical (unpaired) electrons. The van der Waals surface area contributed by atoms with Crippen molar-refractivity contribution < 1.29 is 5.11 Å². The van der Waals surface area contributed by atoms with Gasteiger partial charge in [-0.3, -0.25) is 14.9 Å². The molecule has 0 saturated carbocycles. The molecule has 1 N–H and O–H groups in total. The highest BCUT2D eigenvalue weighted by atomic mass is 16.3. The first-order valence-electron chi connectivity index (χ1n) is 4.95. The van der Waals surface area contributed by atoms with Crippen LogP contribution in [0.1, 0.15) is 19.0 Å². The van der Waals surface area contributed by atoms with Gasteiger partial charge >= 0.3 is 0 Å². The highest BCUT2D eigenvalue weighted by Gasteiger charge is 2.04. The van der Waals surface area contributed by atoms with Crippen LogP contribution in [0.15, 0.2) is 18.6 Å². The second-order valence-corrected chi connectivity index (χ2v) is 3.20. The van der Waals surface area contributed by atoms with Gasteiger partial charge in [-0.05, 0) is 13.0 Å². The summed E-state index contributed by atoms with van der Waals surface area (Å²) in [6, 6.07) is 0. The van der Waals surface area contributed by atoms with Gasteiger partial charge in [-0.2, -0.15) is 0 Å². The normalized spacial score (nSPS) is 10.8. The summed E-state index contributed by atoms with van der Waals surface area (Å²) in [5.41, 5.74) is 0.953. The van der Waals surface area contributed by atoms with E-state index >= 15 is 0 Å². The van der Waals surface area contributed by atoms with Gasteiger partial charge in [0.25, 0.3) is 0 Å². The van der Waals surface area contributed by atoms with E-state index < -0.39 is 0 Å². The fourth-order valence-corrected chi connectivity index (χ4v) is 1.37. The zero-order chi connectivity index (χ0) is 10.2. The molecule has 1 rings (SSSR count). The van der Waals surface area contributed by atoms with Crippen LogP contribution in [0.5, 0.6) is 0 Å². The average Bonchev–Trinajstić information content (AvgIpc) is 2.20. The lowest BCUT2D eigenvalue weighted by molar-refractivity contribution is 0.189. The van der Waals surface area contributed by atoms with E-state index in [9.17, 15) is 0 Å². The van der Waals surface area contributed by atoms with E-state index in [2.05, 4.69) is 21.8 Å². The number of aliphatic hydroxyl groups excluding tert-OH is 1. The monoisotopic (exact) mass is 195 g/mol. The summed E-state index contributed by atoms with van der Waals surface area (Å²) in [4.78, 5) is 10.4. The van der Waals surface area contributed by atoms with Gasteiger partial charge in [0.15, 0.2) is 0 Å². The molecule has 0 spiro atoms. The van der Waals surface area contributed by atoms with Crippen molar-refractivity contribution in [3.05, 3.63) is 24.3 Å². The Morgan fingerprint density at radius 1 is 1.36 bits per heavy atom. The number of hydrogen-bond acceptors (Lipinski definition) is 4. The molecule has 4 nitrogen and oxygen atoms in total. The Morgan fingerprint density at radius 2 is 2.21 bits per heavy atom. The summed E-state index contributed by atoms with van der Waals surface area (Å²) in [7, 11) is 0. The molecule has 0 unspecified atom stereocenters. The maximum atomic E-state index is 8.86. The third kappa shape index (κ3) is 3.81. The Morgan fingerprint density at radius 3 is 2.79 bits per heavy atom. The third-order valence-electron chi connectivity index (χ3n) is 1.96. The molecule has 0 aromatic carbocycles. The van der Waals surface area contributed by atoms with Gasteiger partial charge in [-0.25, -0.2) is 0 Å². The quantitative estimate of drug-likeness (QED) is 0.725. The van der Waals surface area contributed by atoms with Crippen LogP contribution < -0.4 is 0 Å². The van der Waals surface area contributed by atoms with Crippen LogP contribution in [0.2, 0.25) is 0 Å². The van der Waals surface area contributed by atoms with E-state index in [1.54, 1.807) is 18.6 Å². The van der Waals surface area contributed by atoms with E-state index in [0.717, 1.165) is 25.2 Å². The molecule has 0 atom stereocenters. The molecule has 0 fully saturated rings. The summed E-state index contributed by atoms with van der Waals surface area (Å²) in [5.74, 6) is 0. The summed E-state index contributed by atoms with van der Waals surface area (Å²) >= 11 is 0. The average molecular weight is 195 g/mol. The fourth-order valence-electron chi connectivity index (χ4n) is 1.37. The highest BCUT2D eigenvalue weighted by molar-refractivity contribution is 4.94. The minimum absolute atomic E-state index is 0.195. The molecule has 1 heterocycles.